The van der Waals surface area contributed by atoms with Crippen molar-refractivity contribution in [2.24, 2.45) is 0 Å². The lowest BCUT2D eigenvalue weighted by molar-refractivity contribution is -0.137. The summed E-state index contributed by atoms with van der Waals surface area (Å²) in [5.74, 6) is -2.27. The second kappa shape index (κ2) is 33.9. The maximum Gasteiger partial charge on any atom is 0.326 e. The molecule has 0 saturated heterocycles. The lowest BCUT2D eigenvalue weighted by atomic mass is 9.84. The van der Waals surface area contributed by atoms with Gasteiger partial charge >= 0.3 is 24.0 Å². The van der Waals surface area contributed by atoms with Crippen LogP contribution in [0, 0.1) is 6.92 Å². The van der Waals surface area contributed by atoms with Gasteiger partial charge in [-0.25, -0.2) is 26.4 Å². The van der Waals surface area contributed by atoms with Crippen LogP contribution in [0.3, 0.4) is 0 Å². The zero-order chi connectivity index (χ0) is 69.8. The van der Waals surface area contributed by atoms with Crippen molar-refractivity contribution < 1.29 is 55.8 Å². The number of carboxylic acids is 2. The number of hydrogen-bond donors (Lipinski definition) is 6. The molecule has 8 aromatic carbocycles. The minimum absolute atomic E-state index is 0.0159. The second-order valence-electron chi connectivity index (χ2n) is 24.0. The van der Waals surface area contributed by atoms with Crippen molar-refractivity contribution in [1.82, 2.24) is 10.6 Å². The summed E-state index contributed by atoms with van der Waals surface area (Å²) in [6, 6.07) is 57.1. The highest BCUT2D eigenvalue weighted by atomic mass is 32.2. The standard InChI is InChI=1S/C38H42N4O6S.C38H40N4O6S/c1-27-13-20-32(25-35(27)49(47,48)41(2)33-11-7-4-8-12-33)40-38(46)42(34-21-18-30(19-22-34)29-9-5-3-6-10-29)26-28-14-16-31(17-15-28)37(45)39-24-23-36(43)44;1-2-42(34-13-7-4-8-14-34)49(47,48)35-15-9-12-32(26-35)40-38(46)41(33-22-20-30(21-23-33)29-10-5-3-6-11-29)27-28-16-18-31(19-17-28)37(45)39-25-24-36(43)44/h4,7-8,11-22,25,29H,3,5-6,9-10,23-24,26H2,1-2H3,(H,39,45)(H,40,46)(H,43,44);4,7-10,12-23,26H,2-3,5-6,11,24-25,27H2,1H3,(H,39,45)(H,40,46)(H,43,44). The van der Waals surface area contributed by atoms with Crippen LogP contribution in [0.25, 0.3) is 5.57 Å². The van der Waals surface area contributed by atoms with Crippen LogP contribution in [0.4, 0.5) is 43.7 Å². The molecule has 10 rings (SSSR count). The van der Waals surface area contributed by atoms with E-state index >= 15 is 0 Å². The van der Waals surface area contributed by atoms with Crippen molar-refractivity contribution in [1.29, 1.82) is 0 Å². The molecular formula is C76H82N8O12S2. The number of aliphatic carboxylic acids is 2. The zero-order valence-corrected chi connectivity index (χ0v) is 56.7. The molecule has 0 radical (unpaired) electrons. The summed E-state index contributed by atoms with van der Waals surface area (Å²) in [5, 5.41) is 28.6. The van der Waals surface area contributed by atoms with Crippen molar-refractivity contribution in [3.8, 4) is 0 Å². The molecule has 0 heterocycles. The number of sulfonamides is 2. The van der Waals surface area contributed by atoms with Gasteiger partial charge in [0.25, 0.3) is 31.9 Å². The van der Waals surface area contributed by atoms with Gasteiger partial charge in [-0.2, -0.15) is 0 Å². The van der Waals surface area contributed by atoms with Gasteiger partial charge in [-0.3, -0.25) is 37.6 Å². The summed E-state index contributed by atoms with van der Waals surface area (Å²) in [6.45, 7) is 4.07. The van der Waals surface area contributed by atoms with E-state index in [0.29, 0.717) is 56.7 Å². The molecule has 22 heteroatoms. The fourth-order valence-corrected chi connectivity index (χ4v) is 14.7. The van der Waals surface area contributed by atoms with Gasteiger partial charge in [0.2, 0.25) is 0 Å². The van der Waals surface area contributed by atoms with Gasteiger partial charge in [0.15, 0.2) is 0 Å². The Kier molecular flexibility index (Phi) is 24.8. The molecule has 0 bridgehead atoms. The SMILES string of the molecule is CCN(c1ccccc1)S(=O)(=O)c1cccc(NC(=O)N(Cc2ccc(C(=O)NCCC(=O)O)cc2)c2ccc(C3=CCCCC3)cc2)c1.Cc1ccc(NC(=O)N(Cc2ccc(C(=O)NCCC(=O)O)cc2)c2ccc(C3CCCCC3)cc2)cc1S(=O)(=O)N(C)c1ccccc1. The zero-order valence-electron chi connectivity index (χ0n) is 55.1. The number of para-hydroxylation sites is 2. The Morgan fingerprint density at radius 1 is 0.510 bits per heavy atom. The molecule has 0 spiro atoms. The maximum atomic E-state index is 14.0. The van der Waals surface area contributed by atoms with E-state index in [9.17, 15) is 45.6 Å². The summed E-state index contributed by atoms with van der Waals surface area (Å²) >= 11 is 0. The monoisotopic (exact) mass is 1360 g/mol. The Morgan fingerprint density at radius 3 is 1.52 bits per heavy atom. The third kappa shape index (κ3) is 19.1. The molecule has 1 saturated carbocycles. The van der Waals surface area contributed by atoms with Gasteiger partial charge in [-0.1, -0.05) is 122 Å². The van der Waals surface area contributed by atoms with E-state index in [-0.39, 0.29) is 61.3 Å². The van der Waals surface area contributed by atoms with E-state index in [4.69, 9.17) is 10.2 Å². The number of amides is 6. The molecular weight excluding hydrogens is 1280 g/mol. The highest BCUT2D eigenvalue weighted by Gasteiger charge is 2.28. The predicted molar refractivity (Wildman–Crippen MR) is 384 cm³/mol. The normalized spacial score (nSPS) is 13.1. The van der Waals surface area contributed by atoms with E-state index < -0.39 is 50.0 Å². The van der Waals surface area contributed by atoms with Crippen molar-refractivity contribution in [3.63, 3.8) is 0 Å². The summed E-state index contributed by atoms with van der Waals surface area (Å²) in [4.78, 5) is 77.7. The van der Waals surface area contributed by atoms with Crippen LogP contribution in [0.1, 0.15) is 132 Å². The molecule has 0 atom stereocenters. The molecule has 0 unspecified atom stereocenters. The van der Waals surface area contributed by atoms with E-state index in [2.05, 4.69) is 39.5 Å². The van der Waals surface area contributed by atoms with E-state index in [1.165, 1.54) is 70.7 Å². The average molecular weight is 1360 g/mol. The summed E-state index contributed by atoms with van der Waals surface area (Å²) in [5.41, 5.74) is 9.44. The first-order valence-corrected chi connectivity index (χ1v) is 35.6. The van der Waals surface area contributed by atoms with Gasteiger partial charge in [0.05, 0.1) is 47.1 Å². The Labute approximate surface area is 573 Å². The van der Waals surface area contributed by atoms with Crippen LogP contribution in [0.2, 0.25) is 0 Å². The van der Waals surface area contributed by atoms with E-state index in [1.54, 1.807) is 145 Å². The van der Waals surface area contributed by atoms with Crippen LogP contribution in [0.5, 0.6) is 0 Å². The topological polar surface area (TPSA) is 272 Å². The third-order valence-electron chi connectivity index (χ3n) is 17.2. The molecule has 2 aliphatic rings. The first-order chi connectivity index (χ1) is 47.2. The van der Waals surface area contributed by atoms with Crippen LogP contribution in [0.15, 0.2) is 216 Å². The van der Waals surface area contributed by atoms with Crippen molar-refractivity contribution in [2.75, 3.05) is 55.7 Å². The van der Waals surface area contributed by atoms with Crippen molar-refractivity contribution >= 4 is 95.6 Å². The number of urea groups is 2. The smallest absolute Gasteiger partial charge is 0.326 e. The molecule has 0 aliphatic heterocycles. The molecule has 6 N–H and O–H groups in total. The van der Waals surface area contributed by atoms with Crippen LogP contribution in [-0.2, 0) is 42.7 Å². The van der Waals surface area contributed by atoms with E-state index in [0.717, 1.165) is 48.8 Å². The largest absolute Gasteiger partial charge is 0.481 e. The van der Waals surface area contributed by atoms with Gasteiger partial charge in [-0.05, 0) is 195 Å². The number of carboxylic acid groups (broad SMARTS) is 2. The highest BCUT2D eigenvalue weighted by Crippen LogP contribution is 2.35. The fourth-order valence-electron chi connectivity index (χ4n) is 11.7. The minimum Gasteiger partial charge on any atom is -0.481 e. The van der Waals surface area contributed by atoms with Gasteiger partial charge in [0.1, 0.15) is 0 Å². The fraction of sp³-hybridized carbons (Fsp3) is 0.263. The van der Waals surface area contributed by atoms with Crippen molar-refractivity contribution in [2.45, 2.75) is 113 Å². The van der Waals surface area contributed by atoms with Gasteiger partial charge in [0, 0.05) is 60.6 Å². The highest BCUT2D eigenvalue weighted by molar-refractivity contribution is 7.93. The molecule has 6 amide bonds. The number of allylic oxidation sites excluding steroid dienone is 2. The number of hydrogen-bond acceptors (Lipinski definition) is 10. The quantitative estimate of drug-likeness (QED) is 0.0312. The molecule has 2 aliphatic carbocycles. The second-order valence-corrected chi connectivity index (χ2v) is 27.8. The maximum absolute atomic E-state index is 14.0. The van der Waals surface area contributed by atoms with Crippen molar-refractivity contribution in [3.05, 3.63) is 245 Å². The number of aryl methyl sites for hydroxylation is 1. The number of carbonyl (C=O) groups excluding carboxylic acids is 4. The first kappa shape index (κ1) is 71.7. The Morgan fingerprint density at radius 2 is 1.02 bits per heavy atom. The van der Waals surface area contributed by atoms with Gasteiger partial charge < -0.3 is 31.5 Å². The molecule has 20 nitrogen and oxygen atoms in total. The number of nitrogens with zero attached hydrogens (tertiary/aromatic N) is 4. The van der Waals surface area contributed by atoms with Crippen LogP contribution >= 0.6 is 0 Å². The molecule has 1 fully saturated rings. The lowest BCUT2D eigenvalue weighted by Crippen LogP contribution is -2.35. The Bertz CT molecular complexity index is 4340. The summed E-state index contributed by atoms with van der Waals surface area (Å²) in [6.07, 6.45) is 12.3. The first-order valence-electron chi connectivity index (χ1n) is 32.7. The Balaban J connectivity index is 0.000000229. The Hall–Kier alpha value is -10.6. The number of nitrogens with one attached hydrogen (secondary N) is 4. The molecule has 0 aromatic heterocycles. The lowest BCUT2D eigenvalue weighted by Gasteiger charge is -2.26. The molecule has 98 heavy (non-hydrogen) atoms. The molecule has 510 valence electrons. The van der Waals surface area contributed by atoms with E-state index in [1.807, 2.05) is 48.5 Å². The average Bonchev–Trinajstić information content (AvgIpc) is 0.795. The molecule has 8 aromatic rings. The number of rotatable bonds is 25. The van der Waals surface area contributed by atoms with Crippen LogP contribution < -0.4 is 39.7 Å². The number of anilines is 6. The van der Waals surface area contributed by atoms with Gasteiger partial charge in [-0.15, -0.1) is 0 Å². The summed E-state index contributed by atoms with van der Waals surface area (Å²) in [7, 11) is -6.35. The minimum atomic E-state index is -3.93. The number of benzene rings is 8. The summed E-state index contributed by atoms with van der Waals surface area (Å²) < 4.78 is 57.2. The number of carbonyl (C=O) groups is 6. The van der Waals surface area contributed by atoms with Crippen LogP contribution in [-0.4, -0.2) is 89.5 Å². The predicted octanol–water partition coefficient (Wildman–Crippen LogP) is 14.6. The third-order valence-corrected chi connectivity index (χ3v) is 21.0.